The minimum atomic E-state index is 0.626. The molecule has 2 unspecified atom stereocenters. The third-order valence-electron chi connectivity index (χ3n) is 9.66. The zero-order chi connectivity index (χ0) is 32.8. The molecule has 0 spiro atoms. The fourth-order valence-electron chi connectivity index (χ4n) is 7.12. The Kier molecular flexibility index (Phi) is 8.76. The van der Waals surface area contributed by atoms with Crippen LogP contribution < -0.4 is 20.7 Å². The summed E-state index contributed by atoms with van der Waals surface area (Å²) in [6, 6.07) is 56.1. The molecule has 0 aliphatic heterocycles. The van der Waals surface area contributed by atoms with Crippen molar-refractivity contribution in [2.75, 3.05) is 10.2 Å². The lowest BCUT2D eigenvalue weighted by Crippen LogP contribution is -2.27. The summed E-state index contributed by atoms with van der Waals surface area (Å²) < 4.78 is 0. The van der Waals surface area contributed by atoms with Crippen LogP contribution in [-0.4, -0.2) is 0 Å². The summed E-state index contributed by atoms with van der Waals surface area (Å²) in [5.41, 5.74) is 11.3. The van der Waals surface area contributed by atoms with Crippen molar-refractivity contribution in [3.8, 4) is 11.1 Å². The maximum Gasteiger partial charge on any atom is 0.0499 e. The lowest BCUT2D eigenvalue weighted by molar-refractivity contribution is 1.00. The number of allylic oxidation sites excluding steroid dienone is 3. The van der Waals surface area contributed by atoms with E-state index >= 15 is 0 Å². The number of rotatable bonds is 6. The third kappa shape index (κ3) is 6.77. The van der Waals surface area contributed by atoms with E-state index in [-0.39, 0.29) is 0 Å². The van der Waals surface area contributed by atoms with Gasteiger partial charge in [0, 0.05) is 33.7 Å². The van der Waals surface area contributed by atoms with Crippen molar-refractivity contribution in [2.45, 2.75) is 25.2 Å². The molecule has 0 aromatic heterocycles. The summed E-state index contributed by atoms with van der Waals surface area (Å²) in [4.78, 5) is 2.45. The normalized spacial score (nSPS) is 16.7. The first kappa shape index (κ1) is 30.5. The number of fused-ring (bicyclic) bond motifs is 4. The van der Waals surface area contributed by atoms with Crippen molar-refractivity contribution in [1.82, 2.24) is 0 Å². The predicted octanol–water partition coefficient (Wildman–Crippen LogP) is 10.7. The van der Waals surface area contributed by atoms with Crippen LogP contribution in [-0.2, 0) is 6.42 Å². The molecule has 0 bridgehead atoms. The smallest absolute Gasteiger partial charge is 0.0499 e. The van der Waals surface area contributed by atoms with Crippen molar-refractivity contribution in [1.29, 1.82) is 0 Å². The Morgan fingerprint density at radius 3 is 1.98 bits per heavy atom. The van der Waals surface area contributed by atoms with E-state index in [2.05, 4.69) is 162 Å². The van der Waals surface area contributed by atoms with E-state index in [0.29, 0.717) is 11.8 Å². The van der Waals surface area contributed by atoms with Gasteiger partial charge in [-0.25, -0.2) is 0 Å². The average Bonchev–Trinajstić information content (AvgIpc) is 3.98. The van der Waals surface area contributed by atoms with Crippen LogP contribution in [0, 0.1) is 5.92 Å². The van der Waals surface area contributed by atoms with Gasteiger partial charge >= 0.3 is 0 Å². The first-order valence-electron chi connectivity index (χ1n) is 17.4. The van der Waals surface area contributed by atoms with Crippen LogP contribution in [0.1, 0.15) is 29.9 Å². The molecule has 2 heteroatoms. The Bertz CT molecular complexity index is 2190. The van der Waals surface area contributed by atoms with Crippen LogP contribution >= 0.6 is 0 Å². The molecule has 238 valence electrons. The summed E-state index contributed by atoms with van der Waals surface area (Å²) in [5.74, 6) is 1.31. The molecule has 1 fully saturated rings. The topological polar surface area (TPSA) is 15.3 Å². The van der Waals surface area contributed by atoms with Gasteiger partial charge in [-0.3, -0.25) is 0 Å². The number of hydrogen-bond donors (Lipinski definition) is 1. The molecule has 6 aromatic rings. The number of benzene rings is 6. The van der Waals surface area contributed by atoms with E-state index in [1.165, 1.54) is 56.2 Å². The van der Waals surface area contributed by atoms with Crippen LogP contribution in [0.3, 0.4) is 0 Å². The highest BCUT2D eigenvalue weighted by molar-refractivity contribution is 5.82. The van der Waals surface area contributed by atoms with E-state index in [0.717, 1.165) is 24.2 Å². The maximum atomic E-state index is 3.65. The molecular formula is C47H40N2. The summed E-state index contributed by atoms with van der Waals surface area (Å²) in [7, 11) is 0. The van der Waals surface area contributed by atoms with E-state index in [4.69, 9.17) is 0 Å². The van der Waals surface area contributed by atoms with Crippen LogP contribution in [0.15, 0.2) is 182 Å². The largest absolute Gasteiger partial charge is 0.355 e. The van der Waals surface area contributed by atoms with E-state index in [1.807, 2.05) is 36.4 Å². The Morgan fingerprint density at radius 1 is 0.571 bits per heavy atom. The molecule has 0 saturated heterocycles. The van der Waals surface area contributed by atoms with Crippen molar-refractivity contribution < 1.29 is 0 Å². The number of para-hydroxylation sites is 1. The second-order valence-electron chi connectivity index (χ2n) is 12.9. The van der Waals surface area contributed by atoms with Gasteiger partial charge in [0.25, 0.3) is 0 Å². The van der Waals surface area contributed by atoms with Crippen molar-refractivity contribution in [3.63, 3.8) is 0 Å². The Hall–Kier alpha value is -5.86. The number of nitrogens with zero attached hydrogens (tertiary/aromatic N) is 1. The predicted molar refractivity (Wildman–Crippen MR) is 208 cm³/mol. The van der Waals surface area contributed by atoms with Gasteiger partial charge in [0.1, 0.15) is 0 Å². The highest BCUT2D eigenvalue weighted by atomic mass is 15.1. The van der Waals surface area contributed by atoms with Crippen LogP contribution in [0.4, 0.5) is 22.7 Å². The molecule has 1 N–H and O–H groups in total. The zero-order valence-electron chi connectivity index (χ0n) is 27.6. The zero-order valence-corrected chi connectivity index (χ0v) is 27.6. The van der Waals surface area contributed by atoms with Crippen molar-refractivity contribution >= 4 is 34.5 Å². The molecule has 2 atom stereocenters. The van der Waals surface area contributed by atoms with E-state index < -0.39 is 0 Å². The fourth-order valence-corrected chi connectivity index (χ4v) is 7.12. The molecule has 0 heterocycles. The number of anilines is 4. The van der Waals surface area contributed by atoms with Gasteiger partial charge in [0.2, 0.25) is 0 Å². The summed E-state index contributed by atoms with van der Waals surface area (Å²) >= 11 is 0. The second kappa shape index (κ2) is 14.1. The Morgan fingerprint density at radius 2 is 1.22 bits per heavy atom. The average molecular weight is 633 g/mol. The molecule has 9 rings (SSSR count). The Labute approximate surface area is 289 Å². The second-order valence-corrected chi connectivity index (χ2v) is 12.9. The molecule has 0 amide bonds. The quantitative estimate of drug-likeness (QED) is 0.184. The summed E-state index contributed by atoms with van der Waals surface area (Å²) in [5, 5.41) is 6.16. The summed E-state index contributed by atoms with van der Waals surface area (Å²) in [6.07, 6.45) is 14.7. The van der Waals surface area contributed by atoms with E-state index in [1.54, 1.807) is 0 Å². The van der Waals surface area contributed by atoms with Gasteiger partial charge in [-0.05, 0) is 107 Å². The Balaban J connectivity index is 0.000000527. The highest BCUT2D eigenvalue weighted by Crippen LogP contribution is 2.55. The molecule has 0 radical (unpaired) electrons. The van der Waals surface area contributed by atoms with Crippen LogP contribution in [0.25, 0.3) is 22.9 Å². The first-order valence-corrected chi connectivity index (χ1v) is 17.4. The maximum absolute atomic E-state index is 3.65. The standard InChI is InChI=1S/C41H34N2.C6H6/c1-2-15-35(16-3-1)43(40-19-9-13-32-12-8-14-33-28-38(33)41(32)40)36-26-22-30(23-27-36)29-20-24-34(25-21-29)42-39-18-7-5-11-31-10-4-6-17-37(31)39;1-2-4-6-5-3-1/h1-4,6-11,13-27,33,38,42H,5,12,28H2;1-6H. The SMILES string of the molecule is C1=CC(Nc2ccc(-c3ccc(N(c4ccccc4)c4cccc5c4C4CC4C=CC5)cc3)cc2)=c2ccccc2=CC1.c1ccccc1. The van der Waals surface area contributed by atoms with Crippen LogP contribution in [0.5, 0.6) is 0 Å². The van der Waals surface area contributed by atoms with Gasteiger partial charge < -0.3 is 10.2 Å². The van der Waals surface area contributed by atoms with Gasteiger partial charge in [-0.2, -0.15) is 0 Å². The molecule has 3 aliphatic rings. The fraction of sp³-hybridized carbons (Fsp3) is 0.106. The molecular weight excluding hydrogens is 593 g/mol. The first-order chi connectivity index (χ1) is 24.3. The van der Waals surface area contributed by atoms with Gasteiger partial charge in [-0.15, -0.1) is 0 Å². The van der Waals surface area contributed by atoms with Crippen molar-refractivity contribution in [2.24, 2.45) is 5.92 Å². The van der Waals surface area contributed by atoms with Crippen LogP contribution in [0.2, 0.25) is 0 Å². The molecule has 49 heavy (non-hydrogen) atoms. The monoisotopic (exact) mass is 632 g/mol. The van der Waals surface area contributed by atoms with E-state index in [9.17, 15) is 0 Å². The molecule has 1 saturated carbocycles. The lowest BCUT2D eigenvalue weighted by atomic mass is 9.97. The minimum absolute atomic E-state index is 0.626. The lowest BCUT2D eigenvalue weighted by Gasteiger charge is -2.29. The van der Waals surface area contributed by atoms with Gasteiger partial charge in [0.15, 0.2) is 0 Å². The third-order valence-corrected chi connectivity index (χ3v) is 9.66. The van der Waals surface area contributed by atoms with Gasteiger partial charge in [0.05, 0.1) is 0 Å². The molecule has 6 aromatic carbocycles. The van der Waals surface area contributed by atoms with Gasteiger partial charge in [-0.1, -0.05) is 140 Å². The molecule has 2 nitrogen and oxygen atoms in total. The highest BCUT2D eigenvalue weighted by Gasteiger charge is 2.41. The summed E-state index contributed by atoms with van der Waals surface area (Å²) in [6.45, 7) is 0. The number of nitrogens with one attached hydrogen (secondary N) is 1. The molecule has 3 aliphatic carbocycles. The van der Waals surface area contributed by atoms with Crippen molar-refractivity contribution in [3.05, 3.63) is 204 Å². The number of hydrogen-bond acceptors (Lipinski definition) is 2. The minimum Gasteiger partial charge on any atom is -0.355 e.